The van der Waals surface area contributed by atoms with Crippen molar-refractivity contribution >= 4 is 16.0 Å². The molecule has 0 saturated carbocycles. The van der Waals surface area contributed by atoms with Gasteiger partial charge in [0.2, 0.25) is 10.0 Å². The van der Waals surface area contributed by atoms with Crippen LogP contribution in [0.15, 0.2) is 20.7 Å². The smallest absolute Gasteiger partial charge is 0.325 e. The molecule has 0 aliphatic heterocycles. The fourth-order valence-corrected chi connectivity index (χ4v) is 2.41. The Morgan fingerprint density at radius 2 is 1.94 bits per heavy atom. The van der Waals surface area contributed by atoms with Crippen LogP contribution in [0.2, 0.25) is 0 Å². The van der Waals surface area contributed by atoms with E-state index in [9.17, 15) is 22.8 Å². The Labute approximate surface area is 101 Å². The Kier molecular flexibility index (Phi) is 3.44. The number of hydrogen-bond donors (Lipinski definition) is 4. The van der Waals surface area contributed by atoms with Gasteiger partial charge in [0.1, 0.15) is 5.54 Å². The van der Waals surface area contributed by atoms with Gasteiger partial charge in [0.25, 0.3) is 5.56 Å². The van der Waals surface area contributed by atoms with Crippen LogP contribution >= 0.6 is 0 Å². The number of nitrogens with one attached hydrogen (secondary N) is 3. The maximum Gasteiger partial charge on any atom is 0.325 e. The Balaban J connectivity index is 3.28. The molecule has 0 aliphatic rings. The minimum absolute atomic E-state index is 0.696. The van der Waals surface area contributed by atoms with Gasteiger partial charge in [-0.2, -0.15) is 4.72 Å². The summed E-state index contributed by atoms with van der Waals surface area (Å²) >= 11 is 0. The van der Waals surface area contributed by atoms with E-state index in [0.717, 1.165) is 13.8 Å². The Morgan fingerprint density at radius 3 is 2.39 bits per heavy atom. The highest BCUT2D eigenvalue weighted by molar-refractivity contribution is 7.89. The molecule has 18 heavy (non-hydrogen) atoms. The highest BCUT2D eigenvalue weighted by Gasteiger charge is 2.34. The highest BCUT2D eigenvalue weighted by Crippen LogP contribution is 2.08. The average molecular weight is 277 g/mol. The van der Waals surface area contributed by atoms with Crippen LogP contribution in [0, 0.1) is 0 Å². The van der Waals surface area contributed by atoms with E-state index in [1.165, 1.54) is 0 Å². The number of carbonyl (C=O) groups is 1. The molecule has 0 spiro atoms. The predicted molar refractivity (Wildman–Crippen MR) is 59.7 cm³/mol. The van der Waals surface area contributed by atoms with Crippen LogP contribution in [0.4, 0.5) is 0 Å². The lowest BCUT2D eigenvalue weighted by atomic mass is 10.1. The van der Waals surface area contributed by atoms with Crippen molar-refractivity contribution in [3.63, 3.8) is 0 Å². The Morgan fingerprint density at radius 1 is 1.39 bits per heavy atom. The van der Waals surface area contributed by atoms with Crippen molar-refractivity contribution < 1.29 is 18.3 Å². The van der Waals surface area contributed by atoms with Crippen molar-refractivity contribution in [3.8, 4) is 0 Å². The SMILES string of the molecule is CC(C)(NS(=O)(=O)c1c[nH]c(=O)[nH]c1=O)C(=O)O. The summed E-state index contributed by atoms with van der Waals surface area (Å²) in [7, 11) is -4.36. The fraction of sp³-hybridized carbons (Fsp3) is 0.375. The number of aliphatic carboxylic acids is 1. The summed E-state index contributed by atoms with van der Waals surface area (Å²) in [6.07, 6.45) is 0.696. The third-order valence-corrected chi connectivity index (χ3v) is 3.66. The van der Waals surface area contributed by atoms with Gasteiger partial charge < -0.3 is 10.1 Å². The van der Waals surface area contributed by atoms with E-state index >= 15 is 0 Å². The van der Waals surface area contributed by atoms with Crippen molar-refractivity contribution in [2.24, 2.45) is 0 Å². The van der Waals surface area contributed by atoms with E-state index in [2.05, 4.69) is 0 Å². The van der Waals surface area contributed by atoms with Crippen molar-refractivity contribution in [2.75, 3.05) is 0 Å². The first-order chi connectivity index (χ1) is 8.06. The maximum atomic E-state index is 11.8. The molecule has 10 heteroatoms. The number of rotatable bonds is 4. The first-order valence-corrected chi connectivity index (χ1v) is 6.14. The molecule has 1 heterocycles. The zero-order chi connectivity index (χ0) is 14.1. The molecular weight excluding hydrogens is 266 g/mol. The summed E-state index contributed by atoms with van der Waals surface area (Å²) in [5, 5.41) is 8.79. The number of carboxylic acid groups (broad SMARTS) is 1. The maximum absolute atomic E-state index is 11.8. The zero-order valence-corrected chi connectivity index (χ0v) is 10.3. The first-order valence-electron chi connectivity index (χ1n) is 4.65. The van der Waals surface area contributed by atoms with Gasteiger partial charge in [0, 0.05) is 6.20 Å². The van der Waals surface area contributed by atoms with E-state index in [4.69, 9.17) is 5.11 Å². The number of aromatic nitrogens is 2. The molecule has 0 atom stereocenters. The van der Waals surface area contributed by atoms with E-state index in [1.807, 2.05) is 9.71 Å². The van der Waals surface area contributed by atoms with E-state index in [1.54, 1.807) is 4.98 Å². The number of carboxylic acids is 1. The predicted octanol–water partition coefficient (Wildman–Crippen LogP) is -1.80. The molecule has 0 unspecified atom stereocenters. The van der Waals surface area contributed by atoms with Crippen molar-refractivity contribution in [1.29, 1.82) is 0 Å². The molecule has 0 aliphatic carbocycles. The van der Waals surface area contributed by atoms with Gasteiger partial charge in [-0.3, -0.25) is 14.6 Å². The Bertz CT molecular complexity index is 683. The molecule has 4 N–H and O–H groups in total. The highest BCUT2D eigenvalue weighted by atomic mass is 32.2. The summed E-state index contributed by atoms with van der Waals surface area (Å²) in [4.78, 5) is 35.8. The van der Waals surface area contributed by atoms with Crippen LogP contribution in [0.3, 0.4) is 0 Å². The van der Waals surface area contributed by atoms with E-state index in [0.29, 0.717) is 6.20 Å². The minimum Gasteiger partial charge on any atom is -0.480 e. The van der Waals surface area contributed by atoms with Crippen LogP contribution in [0.1, 0.15) is 13.8 Å². The lowest BCUT2D eigenvalue weighted by molar-refractivity contribution is -0.142. The van der Waals surface area contributed by atoms with Crippen molar-refractivity contribution in [3.05, 3.63) is 27.0 Å². The van der Waals surface area contributed by atoms with Gasteiger partial charge in [0.05, 0.1) is 0 Å². The molecule has 0 fully saturated rings. The van der Waals surface area contributed by atoms with Crippen molar-refractivity contribution in [2.45, 2.75) is 24.3 Å². The average Bonchev–Trinajstić information content (AvgIpc) is 2.14. The van der Waals surface area contributed by atoms with Gasteiger partial charge in [-0.15, -0.1) is 0 Å². The fourth-order valence-electron chi connectivity index (χ4n) is 1.03. The van der Waals surface area contributed by atoms with Gasteiger partial charge in [-0.1, -0.05) is 0 Å². The molecule has 0 amide bonds. The number of hydrogen-bond acceptors (Lipinski definition) is 5. The zero-order valence-electron chi connectivity index (χ0n) is 9.47. The third kappa shape index (κ3) is 2.84. The molecule has 0 saturated heterocycles. The van der Waals surface area contributed by atoms with Gasteiger partial charge in [-0.25, -0.2) is 13.2 Å². The summed E-state index contributed by atoms with van der Waals surface area (Å²) in [5.74, 6) is -1.41. The monoisotopic (exact) mass is 277 g/mol. The standard InChI is InChI=1S/C8H11N3O6S/c1-8(2,6(13)14)11-18(16,17)4-3-9-7(15)10-5(4)12/h3,11H,1-2H3,(H,13,14)(H2,9,10,12,15). The van der Waals surface area contributed by atoms with Crippen molar-refractivity contribution in [1.82, 2.24) is 14.7 Å². The van der Waals surface area contributed by atoms with Crippen LogP contribution in [0.25, 0.3) is 0 Å². The molecule has 1 aromatic heterocycles. The lowest BCUT2D eigenvalue weighted by Crippen LogP contribution is -2.50. The largest absolute Gasteiger partial charge is 0.480 e. The number of aromatic amines is 2. The first kappa shape index (κ1) is 14.1. The topological polar surface area (TPSA) is 149 Å². The summed E-state index contributed by atoms with van der Waals surface area (Å²) in [6.45, 7) is 2.24. The molecule has 0 aromatic carbocycles. The molecule has 1 rings (SSSR count). The summed E-state index contributed by atoms with van der Waals surface area (Å²) in [6, 6.07) is 0. The molecule has 0 radical (unpaired) electrons. The van der Waals surface area contributed by atoms with Crippen LogP contribution in [-0.2, 0) is 14.8 Å². The lowest BCUT2D eigenvalue weighted by Gasteiger charge is -2.20. The summed E-state index contributed by atoms with van der Waals surface area (Å²) < 4.78 is 25.4. The minimum atomic E-state index is -4.36. The van der Waals surface area contributed by atoms with Crippen LogP contribution < -0.4 is 16.0 Å². The summed E-state index contributed by atoms with van der Waals surface area (Å²) in [5.41, 5.74) is -3.79. The second-order valence-electron chi connectivity index (χ2n) is 3.97. The Hall–Kier alpha value is -1.94. The normalized spacial score (nSPS) is 12.3. The third-order valence-electron chi connectivity index (χ3n) is 2.00. The van der Waals surface area contributed by atoms with Crippen LogP contribution in [-0.4, -0.2) is 35.0 Å². The van der Waals surface area contributed by atoms with E-state index < -0.39 is 37.7 Å². The van der Waals surface area contributed by atoms with E-state index in [-0.39, 0.29) is 0 Å². The number of sulfonamides is 1. The number of H-pyrrole nitrogens is 2. The van der Waals surface area contributed by atoms with Gasteiger partial charge in [-0.05, 0) is 13.8 Å². The quantitative estimate of drug-likeness (QED) is 0.510. The molecule has 100 valence electrons. The van der Waals surface area contributed by atoms with Crippen LogP contribution in [0.5, 0.6) is 0 Å². The molecule has 9 nitrogen and oxygen atoms in total. The molecular formula is C8H11N3O6S. The van der Waals surface area contributed by atoms with Gasteiger partial charge in [0.15, 0.2) is 4.90 Å². The molecule has 1 aromatic rings. The second-order valence-corrected chi connectivity index (χ2v) is 5.62. The second kappa shape index (κ2) is 4.38. The molecule has 0 bridgehead atoms. The van der Waals surface area contributed by atoms with Gasteiger partial charge >= 0.3 is 11.7 Å².